The van der Waals surface area contributed by atoms with Gasteiger partial charge < -0.3 is 14.6 Å². The number of aliphatic hydroxyl groups excluding tert-OH is 1. The molecule has 4 nitrogen and oxygen atoms in total. The number of hydrogen-bond donors (Lipinski definition) is 1. The number of benzene rings is 1. The maximum atomic E-state index is 10.3. The van der Waals surface area contributed by atoms with Gasteiger partial charge in [0, 0.05) is 19.1 Å². The first-order valence-electron chi connectivity index (χ1n) is 7.89. The molecule has 116 valence electrons. The molecule has 1 saturated carbocycles. The summed E-state index contributed by atoms with van der Waals surface area (Å²) in [4.78, 5) is 2.44. The van der Waals surface area contributed by atoms with Crippen LogP contribution in [0, 0.1) is 0 Å². The van der Waals surface area contributed by atoms with Crippen molar-refractivity contribution in [3.05, 3.63) is 23.3 Å². The van der Waals surface area contributed by atoms with Crippen molar-refractivity contribution in [1.82, 2.24) is 4.90 Å². The summed E-state index contributed by atoms with van der Waals surface area (Å²) in [7, 11) is 3.35. The normalized spacial score (nSPS) is 26.2. The Morgan fingerprint density at radius 2 is 1.71 bits per heavy atom. The zero-order valence-electron chi connectivity index (χ0n) is 13.0. The van der Waals surface area contributed by atoms with E-state index >= 15 is 0 Å². The maximum absolute atomic E-state index is 10.3. The molecule has 21 heavy (non-hydrogen) atoms. The van der Waals surface area contributed by atoms with Crippen LogP contribution in [0.5, 0.6) is 11.5 Å². The Labute approximate surface area is 126 Å². The van der Waals surface area contributed by atoms with Crippen LogP contribution in [0.4, 0.5) is 0 Å². The number of methoxy groups -OCH3 is 2. The van der Waals surface area contributed by atoms with E-state index in [2.05, 4.69) is 17.0 Å². The van der Waals surface area contributed by atoms with E-state index in [0.717, 1.165) is 50.3 Å². The number of nitrogens with zero attached hydrogens (tertiary/aromatic N) is 1. The lowest BCUT2D eigenvalue weighted by Gasteiger charge is -2.40. The fourth-order valence-electron chi connectivity index (χ4n) is 3.71. The molecular weight excluding hydrogens is 266 g/mol. The van der Waals surface area contributed by atoms with Crippen molar-refractivity contribution in [2.24, 2.45) is 0 Å². The molecule has 0 bridgehead atoms. The van der Waals surface area contributed by atoms with Gasteiger partial charge in [0.2, 0.25) is 0 Å². The topological polar surface area (TPSA) is 41.9 Å². The Kier molecular flexibility index (Phi) is 4.36. The smallest absolute Gasteiger partial charge is 0.161 e. The molecule has 0 unspecified atom stereocenters. The first kappa shape index (κ1) is 14.7. The number of fused-ring (bicyclic) bond motifs is 1. The maximum Gasteiger partial charge on any atom is 0.161 e. The summed E-state index contributed by atoms with van der Waals surface area (Å²) in [6.45, 7) is 1.92. The van der Waals surface area contributed by atoms with Crippen molar-refractivity contribution in [2.45, 2.75) is 50.8 Å². The minimum absolute atomic E-state index is 0.166. The Balaban J connectivity index is 1.81. The molecule has 4 heteroatoms. The molecule has 0 amide bonds. The molecule has 1 aliphatic carbocycles. The standard InChI is InChI=1S/C17H25NO3/c1-20-16-9-12-7-8-18(11-13(12)10-17(16)21-2)14-5-3-4-6-15(14)19/h9-10,14-15,19H,3-8,11H2,1-2H3/t14-,15-/m0/s1. The SMILES string of the molecule is COc1cc2c(cc1OC)CN([C@H]1CCCC[C@@H]1O)CC2. The van der Waals surface area contributed by atoms with Crippen LogP contribution < -0.4 is 9.47 Å². The zero-order chi connectivity index (χ0) is 14.8. The second-order valence-corrected chi connectivity index (χ2v) is 6.12. The monoisotopic (exact) mass is 291 g/mol. The van der Waals surface area contributed by atoms with Gasteiger partial charge in [0.25, 0.3) is 0 Å². The zero-order valence-corrected chi connectivity index (χ0v) is 13.0. The third-order valence-corrected chi connectivity index (χ3v) is 4.91. The van der Waals surface area contributed by atoms with E-state index in [9.17, 15) is 5.11 Å². The van der Waals surface area contributed by atoms with Crippen LogP contribution >= 0.6 is 0 Å². The lowest BCUT2D eigenvalue weighted by atomic mass is 9.89. The quantitative estimate of drug-likeness (QED) is 0.928. The lowest BCUT2D eigenvalue weighted by Crippen LogP contribution is -2.47. The van der Waals surface area contributed by atoms with E-state index in [0.29, 0.717) is 6.04 Å². The lowest BCUT2D eigenvalue weighted by molar-refractivity contribution is 0.0131. The van der Waals surface area contributed by atoms with Gasteiger partial charge in [-0.05, 0) is 42.5 Å². The molecule has 1 fully saturated rings. The average Bonchev–Trinajstić information content (AvgIpc) is 2.53. The van der Waals surface area contributed by atoms with E-state index in [1.165, 1.54) is 17.5 Å². The minimum atomic E-state index is -0.166. The minimum Gasteiger partial charge on any atom is -0.493 e. The molecule has 1 aromatic rings. The number of aliphatic hydroxyl groups is 1. The summed E-state index contributed by atoms with van der Waals surface area (Å²) in [6, 6.07) is 4.51. The third kappa shape index (κ3) is 2.87. The second kappa shape index (κ2) is 6.24. The highest BCUT2D eigenvalue weighted by molar-refractivity contribution is 5.48. The van der Waals surface area contributed by atoms with Crippen molar-refractivity contribution < 1.29 is 14.6 Å². The summed E-state index contributed by atoms with van der Waals surface area (Å²) in [5.41, 5.74) is 2.64. The van der Waals surface area contributed by atoms with E-state index in [1.54, 1.807) is 14.2 Å². The van der Waals surface area contributed by atoms with Gasteiger partial charge in [-0.25, -0.2) is 0 Å². The van der Waals surface area contributed by atoms with Gasteiger partial charge in [0.1, 0.15) is 0 Å². The van der Waals surface area contributed by atoms with Crippen LogP contribution in [0.25, 0.3) is 0 Å². The predicted octanol–water partition coefficient (Wildman–Crippen LogP) is 2.37. The van der Waals surface area contributed by atoms with Crippen molar-refractivity contribution >= 4 is 0 Å². The molecule has 1 aromatic carbocycles. The molecule has 0 saturated heterocycles. The Morgan fingerprint density at radius 1 is 1.05 bits per heavy atom. The molecule has 1 N–H and O–H groups in total. The molecule has 1 aliphatic heterocycles. The number of rotatable bonds is 3. The highest BCUT2D eigenvalue weighted by Crippen LogP contribution is 2.35. The Bertz CT molecular complexity index is 503. The van der Waals surface area contributed by atoms with Gasteiger partial charge in [-0.1, -0.05) is 12.8 Å². The van der Waals surface area contributed by atoms with E-state index in [-0.39, 0.29) is 6.10 Å². The summed E-state index contributed by atoms with van der Waals surface area (Å²) < 4.78 is 10.8. The van der Waals surface area contributed by atoms with Crippen molar-refractivity contribution in [2.75, 3.05) is 20.8 Å². The van der Waals surface area contributed by atoms with E-state index in [4.69, 9.17) is 9.47 Å². The van der Waals surface area contributed by atoms with Crippen LogP contribution in [0.15, 0.2) is 12.1 Å². The van der Waals surface area contributed by atoms with Crippen LogP contribution in [0.2, 0.25) is 0 Å². The molecular formula is C17H25NO3. The van der Waals surface area contributed by atoms with Crippen molar-refractivity contribution in [3.63, 3.8) is 0 Å². The van der Waals surface area contributed by atoms with E-state index < -0.39 is 0 Å². The predicted molar refractivity (Wildman–Crippen MR) is 81.9 cm³/mol. The highest BCUT2D eigenvalue weighted by atomic mass is 16.5. The molecule has 2 atom stereocenters. The number of hydrogen-bond acceptors (Lipinski definition) is 4. The molecule has 0 radical (unpaired) electrons. The molecule has 1 heterocycles. The molecule has 2 aliphatic rings. The highest BCUT2D eigenvalue weighted by Gasteiger charge is 2.31. The van der Waals surface area contributed by atoms with Gasteiger partial charge in [-0.15, -0.1) is 0 Å². The van der Waals surface area contributed by atoms with Gasteiger partial charge in [0.15, 0.2) is 11.5 Å². The molecule has 3 rings (SSSR count). The van der Waals surface area contributed by atoms with Crippen LogP contribution in [-0.2, 0) is 13.0 Å². The third-order valence-electron chi connectivity index (χ3n) is 4.91. The summed E-state index contributed by atoms with van der Waals surface area (Å²) >= 11 is 0. The first-order chi connectivity index (χ1) is 10.2. The van der Waals surface area contributed by atoms with Gasteiger partial charge in [-0.3, -0.25) is 4.90 Å². The van der Waals surface area contributed by atoms with E-state index in [1.807, 2.05) is 0 Å². The fourth-order valence-corrected chi connectivity index (χ4v) is 3.71. The largest absolute Gasteiger partial charge is 0.493 e. The van der Waals surface area contributed by atoms with Gasteiger partial charge >= 0.3 is 0 Å². The van der Waals surface area contributed by atoms with Gasteiger partial charge in [-0.2, -0.15) is 0 Å². The summed E-state index contributed by atoms with van der Waals surface area (Å²) in [5, 5.41) is 10.3. The van der Waals surface area contributed by atoms with Crippen LogP contribution in [0.3, 0.4) is 0 Å². The second-order valence-electron chi connectivity index (χ2n) is 6.12. The molecule has 0 aromatic heterocycles. The fraction of sp³-hybridized carbons (Fsp3) is 0.647. The van der Waals surface area contributed by atoms with Crippen LogP contribution in [-0.4, -0.2) is 42.9 Å². The number of ether oxygens (including phenoxy) is 2. The Hall–Kier alpha value is -1.26. The molecule has 0 spiro atoms. The summed E-state index contributed by atoms with van der Waals surface area (Å²) in [5.74, 6) is 1.60. The van der Waals surface area contributed by atoms with Crippen molar-refractivity contribution in [1.29, 1.82) is 0 Å². The van der Waals surface area contributed by atoms with Crippen molar-refractivity contribution in [3.8, 4) is 11.5 Å². The van der Waals surface area contributed by atoms with Gasteiger partial charge in [0.05, 0.1) is 20.3 Å². The van der Waals surface area contributed by atoms with Crippen LogP contribution in [0.1, 0.15) is 36.8 Å². The average molecular weight is 291 g/mol. The Morgan fingerprint density at radius 3 is 2.38 bits per heavy atom. The first-order valence-corrected chi connectivity index (χ1v) is 7.89. The summed E-state index contributed by atoms with van der Waals surface area (Å²) in [6.07, 6.45) is 5.30.